The molecule has 144 valence electrons. The molecular formula is C20H24ClN3O2S. The van der Waals surface area contributed by atoms with Crippen LogP contribution in [-0.2, 0) is 10.0 Å². The van der Waals surface area contributed by atoms with Crippen LogP contribution >= 0.6 is 12.4 Å². The normalized spacial score (nSPS) is 15.6. The van der Waals surface area contributed by atoms with E-state index in [9.17, 15) is 8.42 Å². The van der Waals surface area contributed by atoms with E-state index in [0.717, 1.165) is 48.1 Å². The zero-order chi connectivity index (χ0) is 18.3. The molecule has 1 aliphatic rings. The summed E-state index contributed by atoms with van der Waals surface area (Å²) in [6.07, 6.45) is 1.95. The van der Waals surface area contributed by atoms with Crippen molar-refractivity contribution in [3.05, 3.63) is 59.3 Å². The molecule has 0 atom stereocenters. The second-order valence-corrected chi connectivity index (χ2v) is 8.81. The van der Waals surface area contributed by atoms with E-state index in [4.69, 9.17) is 0 Å². The second-order valence-electron chi connectivity index (χ2n) is 7.04. The number of rotatable bonds is 3. The number of aromatic nitrogens is 2. The molecule has 3 aromatic rings. The Kier molecular flexibility index (Phi) is 5.60. The van der Waals surface area contributed by atoms with Crippen LogP contribution in [0.25, 0.3) is 10.9 Å². The fourth-order valence-corrected chi connectivity index (χ4v) is 5.01. The van der Waals surface area contributed by atoms with Crippen LogP contribution in [-0.4, -0.2) is 30.7 Å². The number of halogens is 1. The molecule has 0 amide bonds. The Labute approximate surface area is 166 Å². The van der Waals surface area contributed by atoms with Crippen molar-refractivity contribution in [3.8, 4) is 0 Å². The van der Waals surface area contributed by atoms with Gasteiger partial charge in [0, 0.05) is 11.3 Å². The topological polar surface area (TPSA) is 64.0 Å². The standard InChI is InChI=1S/C20H23N3O2S.ClH/c1-14-6-8-17(9-7-14)26(24,25)23-18-5-3-4-15(2)19(18)20(22-23)16-10-12-21-13-11-16;/h3-9,16,21H,10-13H2,1-2H3;1H. The number of hydrogen-bond acceptors (Lipinski definition) is 4. The SMILES string of the molecule is Cc1ccc(S(=O)(=O)n2nc(C3CCNCC3)c3c(C)cccc32)cc1.Cl. The summed E-state index contributed by atoms with van der Waals surface area (Å²) in [5, 5.41) is 8.99. The number of aryl methyl sites for hydroxylation is 2. The van der Waals surface area contributed by atoms with Crippen LogP contribution in [0.1, 0.15) is 35.6 Å². The lowest BCUT2D eigenvalue weighted by molar-refractivity contribution is 0.453. The van der Waals surface area contributed by atoms with Crippen molar-refractivity contribution in [1.29, 1.82) is 0 Å². The van der Waals surface area contributed by atoms with E-state index < -0.39 is 10.0 Å². The number of benzene rings is 2. The zero-order valence-electron chi connectivity index (χ0n) is 15.5. The smallest absolute Gasteiger partial charge is 0.283 e. The molecule has 1 aliphatic heterocycles. The van der Waals surface area contributed by atoms with Gasteiger partial charge in [0.2, 0.25) is 0 Å². The van der Waals surface area contributed by atoms with Crippen LogP contribution in [0.5, 0.6) is 0 Å². The molecule has 0 bridgehead atoms. The van der Waals surface area contributed by atoms with E-state index in [1.165, 1.54) is 4.09 Å². The highest BCUT2D eigenvalue weighted by atomic mass is 35.5. The van der Waals surface area contributed by atoms with Gasteiger partial charge >= 0.3 is 0 Å². The highest BCUT2D eigenvalue weighted by molar-refractivity contribution is 7.90. The van der Waals surface area contributed by atoms with Crippen LogP contribution in [0.15, 0.2) is 47.4 Å². The number of nitrogens with zero attached hydrogens (tertiary/aromatic N) is 2. The zero-order valence-corrected chi connectivity index (χ0v) is 17.1. The summed E-state index contributed by atoms with van der Waals surface area (Å²) in [5.41, 5.74) is 3.68. The molecule has 0 saturated carbocycles. The first-order chi connectivity index (χ1) is 12.5. The number of fused-ring (bicyclic) bond motifs is 1. The van der Waals surface area contributed by atoms with Crippen LogP contribution in [0.3, 0.4) is 0 Å². The minimum absolute atomic E-state index is 0. The average Bonchev–Trinajstić information content (AvgIpc) is 3.05. The van der Waals surface area contributed by atoms with E-state index in [2.05, 4.69) is 10.4 Å². The first-order valence-electron chi connectivity index (χ1n) is 8.99. The summed E-state index contributed by atoms with van der Waals surface area (Å²) in [6.45, 7) is 5.85. The van der Waals surface area contributed by atoms with E-state index in [-0.39, 0.29) is 23.2 Å². The van der Waals surface area contributed by atoms with E-state index in [0.29, 0.717) is 5.52 Å². The molecule has 1 aromatic heterocycles. The maximum atomic E-state index is 13.3. The average molecular weight is 406 g/mol. The predicted molar refractivity (Wildman–Crippen MR) is 110 cm³/mol. The third kappa shape index (κ3) is 3.49. The third-order valence-corrected chi connectivity index (χ3v) is 6.79. The van der Waals surface area contributed by atoms with E-state index in [1.807, 2.05) is 44.2 Å². The highest BCUT2D eigenvalue weighted by Gasteiger charge is 2.27. The Morgan fingerprint density at radius 3 is 2.37 bits per heavy atom. The molecule has 0 radical (unpaired) electrons. The van der Waals surface area contributed by atoms with Gasteiger partial charge in [0.15, 0.2) is 0 Å². The maximum Gasteiger partial charge on any atom is 0.283 e. The Bertz CT molecular complexity index is 1050. The quantitative estimate of drug-likeness (QED) is 0.720. The number of hydrogen-bond donors (Lipinski definition) is 1. The van der Waals surface area contributed by atoms with Crippen LogP contribution in [0.2, 0.25) is 0 Å². The van der Waals surface area contributed by atoms with Gasteiger partial charge in [-0.3, -0.25) is 0 Å². The van der Waals surface area contributed by atoms with Gasteiger partial charge in [0.1, 0.15) is 0 Å². The molecule has 0 aliphatic carbocycles. The minimum Gasteiger partial charge on any atom is -0.317 e. The van der Waals surface area contributed by atoms with Crippen molar-refractivity contribution in [1.82, 2.24) is 14.5 Å². The fraction of sp³-hybridized carbons (Fsp3) is 0.350. The molecule has 1 saturated heterocycles. The van der Waals surface area contributed by atoms with Crippen molar-refractivity contribution >= 4 is 33.3 Å². The molecule has 1 N–H and O–H groups in total. The van der Waals surface area contributed by atoms with Gasteiger partial charge in [-0.05, 0) is 63.5 Å². The van der Waals surface area contributed by atoms with Crippen molar-refractivity contribution < 1.29 is 8.42 Å². The molecule has 5 nitrogen and oxygen atoms in total. The number of nitrogens with one attached hydrogen (secondary N) is 1. The molecule has 1 fully saturated rings. The molecular weight excluding hydrogens is 382 g/mol. The van der Waals surface area contributed by atoms with E-state index in [1.54, 1.807) is 12.1 Å². The van der Waals surface area contributed by atoms with Gasteiger partial charge in [0.25, 0.3) is 10.0 Å². The number of piperidine rings is 1. The van der Waals surface area contributed by atoms with Crippen molar-refractivity contribution in [2.24, 2.45) is 0 Å². The first kappa shape index (κ1) is 19.9. The van der Waals surface area contributed by atoms with Crippen molar-refractivity contribution in [2.75, 3.05) is 13.1 Å². The molecule has 7 heteroatoms. The minimum atomic E-state index is -3.73. The predicted octanol–water partition coefficient (Wildman–Crippen LogP) is 3.78. The lowest BCUT2D eigenvalue weighted by atomic mass is 9.91. The molecule has 0 spiro atoms. The Balaban J connectivity index is 0.00000210. The van der Waals surface area contributed by atoms with Crippen LogP contribution < -0.4 is 5.32 Å². The summed E-state index contributed by atoms with van der Waals surface area (Å²) >= 11 is 0. The monoisotopic (exact) mass is 405 g/mol. The van der Waals surface area contributed by atoms with Gasteiger partial charge in [-0.25, -0.2) is 0 Å². The molecule has 0 unspecified atom stereocenters. The van der Waals surface area contributed by atoms with Gasteiger partial charge in [-0.15, -0.1) is 12.4 Å². The van der Waals surface area contributed by atoms with Crippen LogP contribution in [0.4, 0.5) is 0 Å². The van der Waals surface area contributed by atoms with Gasteiger partial charge in [0.05, 0.1) is 16.1 Å². The van der Waals surface area contributed by atoms with Gasteiger partial charge in [-0.2, -0.15) is 17.6 Å². The Morgan fingerprint density at radius 2 is 1.70 bits per heavy atom. The van der Waals surface area contributed by atoms with Gasteiger partial charge in [-0.1, -0.05) is 29.8 Å². The van der Waals surface area contributed by atoms with Crippen molar-refractivity contribution in [2.45, 2.75) is 37.5 Å². The lowest BCUT2D eigenvalue weighted by Gasteiger charge is -2.21. The third-order valence-electron chi connectivity index (χ3n) is 5.18. The molecule has 2 heterocycles. The molecule has 4 rings (SSSR count). The molecule has 2 aromatic carbocycles. The Hall–Kier alpha value is -1.89. The summed E-state index contributed by atoms with van der Waals surface area (Å²) in [6, 6.07) is 12.7. The summed E-state index contributed by atoms with van der Waals surface area (Å²) < 4.78 is 27.7. The van der Waals surface area contributed by atoms with E-state index >= 15 is 0 Å². The largest absolute Gasteiger partial charge is 0.317 e. The second kappa shape index (κ2) is 7.62. The Morgan fingerprint density at radius 1 is 1.04 bits per heavy atom. The fourth-order valence-electron chi connectivity index (χ4n) is 3.72. The maximum absolute atomic E-state index is 13.3. The summed E-state index contributed by atoms with van der Waals surface area (Å²) in [7, 11) is -3.73. The first-order valence-corrected chi connectivity index (χ1v) is 10.4. The molecule has 27 heavy (non-hydrogen) atoms. The van der Waals surface area contributed by atoms with Gasteiger partial charge < -0.3 is 5.32 Å². The highest BCUT2D eigenvalue weighted by Crippen LogP contribution is 2.34. The lowest BCUT2D eigenvalue weighted by Crippen LogP contribution is -2.27. The summed E-state index contributed by atoms with van der Waals surface area (Å²) in [5.74, 6) is 0.286. The van der Waals surface area contributed by atoms with Crippen molar-refractivity contribution in [3.63, 3.8) is 0 Å². The van der Waals surface area contributed by atoms with Crippen LogP contribution in [0, 0.1) is 13.8 Å². The summed E-state index contributed by atoms with van der Waals surface area (Å²) in [4.78, 5) is 0.269.